The number of likely N-dealkylation sites (tertiary alicyclic amines) is 2. The highest BCUT2D eigenvalue weighted by Crippen LogP contribution is 2.48. The van der Waals surface area contributed by atoms with Gasteiger partial charge in [0.1, 0.15) is 5.60 Å². The number of rotatable bonds is 12. The second-order valence-corrected chi connectivity index (χ2v) is 15.0. The zero-order chi connectivity index (χ0) is 32.5. The van der Waals surface area contributed by atoms with Crippen LogP contribution in [0.1, 0.15) is 62.1 Å². The standard InChI is InChI=1S/C41H46BrN3O2/c1-28(2)25-45-27-35-24-36(45)26-44(35)20-10-9-19-41(46,33-16-15-29-11-7-8-14-31(29)21-33)39(30-12-5-4-6-13-30)37-23-32-22-34(42)17-18-38(32)43-40(37)47-3/h4-8,11-18,21-23,28,35-36,39,46H,9-10,19-20,24-27H2,1-3H3. The first-order chi connectivity index (χ1) is 22.8. The molecule has 2 aliphatic rings. The number of benzene rings is 4. The molecule has 4 aromatic carbocycles. The molecule has 0 amide bonds. The molecule has 2 bridgehead atoms. The molecule has 7 rings (SSSR count). The fourth-order valence-electron chi connectivity index (χ4n) is 8.30. The average molecular weight is 693 g/mol. The van der Waals surface area contributed by atoms with E-state index in [4.69, 9.17) is 9.72 Å². The Morgan fingerprint density at radius 2 is 1.60 bits per heavy atom. The Morgan fingerprint density at radius 3 is 2.34 bits per heavy atom. The lowest BCUT2D eigenvalue weighted by molar-refractivity contribution is 0.00623. The van der Waals surface area contributed by atoms with Crippen molar-refractivity contribution in [2.45, 2.75) is 63.1 Å². The van der Waals surface area contributed by atoms with Crippen LogP contribution in [0.25, 0.3) is 21.7 Å². The Bertz CT molecular complexity index is 1850. The lowest BCUT2D eigenvalue weighted by Gasteiger charge is -2.39. The first kappa shape index (κ1) is 32.3. The third kappa shape index (κ3) is 6.58. The van der Waals surface area contributed by atoms with E-state index in [2.05, 4.69) is 118 Å². The Kier molecular flexibility index (Phi) is 9.39. The number of halogens is 1. The van der Waals surface area contributed by atoms with E-state index >= 15 is 0 Å². The van der Waals surface area contributed by atoms with Crippen molar-refractivity contribution in [2.75, 3.05) is 33.3 Å². The summed E-state index contributed by atoms with van der Waals surface area (Å²) < 4.78 is 6.99. The van der Waals surface area contributed by atoms with Gasteiger partial charge in [0, 0.05) is 53.1 Å². The number of nitrogens with zero attached hydrogens (tertiary/aromatic N) is 3. The molecule has 1 N–H and O–H groups in total. The lowest BCUT2D eigenvalue weighted by Crippen LogP contribution is -2.47. The van der Waals surface area contributed by atoms with Crippen molar-refractivity contribution in [3.63, 3.8) is 0 Å². The van der Waals surface area contributed by atoms with E-state index in [0.29, 0.717) is 30.3 Å². The maximum absolute atomic E-state index is 13.4. The summed E-state index contributed by atoms with van der Waals surface area (Å²) in [6.45, 7) is 9.31. The summed E-state index contributed by atoms with van der Waals surface area (Å²) >= 11 is 3.65. The van der Waals surface area contributed by atoms with E-state index in [-0.39, 0.29) is 0 Å². The Labute approximate surface area is 287 Å². The van der Waals surface area contributed by atoms with E-state index in [1.54, 1.807) is 7.11 Å². The summed E-state index contributed by atoms with van der Waals surface area (Å²) in [7, 11) is 1.68. The third-order valence-corrected chi connectivity index (χ3v) is 10.9. The van der Waals surface area contributed by atoms with Crippen molar-refractivity contribution in [3.8, 4) is 5.88 Å². The molecule has 0 saturated carbocycles. The highest BCUT2D eigenvalue weighted by molar-refractivity contribution is 9.10. The van der Waals surface area contributed by atoms with Crippen LogP contribution in [0.15, 0.2) is 102 Å². The lowest BCUT2D eigenvalue weighted by atomic mass is 9.71. The van der Waals surface area contributed by atoms with Gasteiger partial charge in [-0.2, -0.15) is 0 Å². The van der Waals surface area contributed by atoms with Gasteiger partial charge < -0.3 is 9.84 Å². The van der Waals surface area contributed by atoms with Gasteiger partial charge in [-0.3, -0.25) is 9.80 Å². The van der Waals surface area contributed by atoms with Gasteiger partial charge in [0.2, 0.25) is 5.88 Å². The molecular formula is C41H46BrN3O2. The van der Waals surface area contributed by atoms with E-state index in [1.807, 2.05) is 18.2 Å². The predicted octanol–water partition coefficient (Wildman–Crippen LogP) is 8.76. The minimum atomic E-state index is -1.21. The van der Waals surface area contributed by atoms with Gasteiger partial charge in [0.15, 0.2) is 0 Å². The van der Waals surface area contributed by atoms with Gasteiger partial charge in [-0.05, 0) is 90.4 Å². The highest BCUT2D eigenvalue weighted by Gasteiger charge is 2.44. The number of pyridine rings is 1. The van der Waals surface area contributed by atoms with Crippen LogP contribution in [-0.2, 0) is 5.60 Å². The molecule has 0 spiro atoms. The van der Waals surface area contributed by atoms with Gasteiger partial charge in [-0.15, -0.1) is 0 Å². The van der Waals surface area contributed by atoms with Crippen molar-refractivity contribution in [2.24, 2.45) is 5.92 Å². The summed E-state index contributed by atoms with van der Waals surface area (Å²) in [6.07, 6.45) is 3.87. The molecule has 2 aliphatic heterocycles. The first-order valence-electron chi connectivity index (χ1n) is 17.2. The molecule has 4 unspecified atom stereocenters. The number of fused-ring (bicyclic) bond motifs is 4. The average Bonchev–Trinajstić information content (AvgIpc) is 3.66. The third-order valence-electron chi connectivity index (χ3n) is 10.5. The molecule has 0 aliphatic carbocycles. The monoisotopic (exact) mass is 691 g/mol. The molecule has 2 fully saturated rings. The molecule has 2 saturated heterocycles. The van der Waals surface area contributed by atoms with E-state index in [1.165, 1.54) is 31.4 Å². The van der Waals surface area contributed by atoms with E-state index < -0.39 is 11.5 Å². The van der Waals surface area contributed by atoms with Crippen LogP contribution in [0, 0.1) is 5.92 Å². The fourth-order valence-corrected chi connectivity index (χ4v) is 8.67. The molecular weight excluding hydrogens is 646 g/mol. The quantitative estimate of drug-likeness (QED) is 0.133. The van der Waals surface area contributed by atoms with Crippen LogP contribution in [0.3, 0.4) is 0 Å². The first-order valence-corrected chi connectivity index (χ1v) is 18.0. The molecule has 6 heteroatoms. The number of aliphatic hydroxyl groups is 1. The molecule has 1 aromatic heterocycles. The second kappa shape index (κ2) is 13.7. The van der Waals surface area contributed by atoms with Gasteiger partial charge in [0.05, 0.1) is 12.6 Å². The van der Waals surface area contributed by atoms with Gasteiger partial charge in [0.25, 0.3) is 0 Å². The van der Waals surface area contributed by atoms with E-state index in [0.717, 1.165) is 56.8 Å². The van der Waals surface area contributed by atoms with Crippen molar-refractivity contribution in [1.29, 1.82) is 0 Å². The molecule has 5 aromatic rings. The molecule has 5 nitrogen and oxygen atoms in total. The normalized spacial score (nSPS) is 20.3. The van der Waals surface area contributed by atoms with Gasteiger partial charge in [-0.25, -0.2) is 4.98 Å². The number of methoxy groups -OCH3 is 1. The zero-order valence-corrected chi connectivity index (χ0v) is 29.4. The summed E-state index contributed by atoms with van der Waals surface area (Å²) in [5.74, 6) is 0.862. The van der Waals surface area contributed by atoms with Crippen molar-refractivity contribution in [3.05, 3.63) is 118 Å². The number of hydrogen-bond acceptors (Lipinski definition) is 5. The molecule has 47 heavy (non-hydrogen) atoms. The van der Waals surface area contributed by atoms with Gasteiger partial charge in [-0.1, -0.05) is 96.5 Å². The van der Waals surface area contributed by atoms with Crippen LogP contribution >= 0.6 is 15.9 Å². The zero-order valence-electron chi connectivity index (χ0n) is 27.8. The Hall–Kier alpha value is -3.29. The predicted molar refractivity (Wildman–Crippen MR) is 196 cm³/mol. The number of ether oxygens (including phenoxy) is 1. The molecule has 3 heterocycles. The maximum Gasteiger partial charge on any atom is 0.217 e. The minimum Gasteiger partial charge on any atom is -0.481 e. The summed E-state index contributed by atoms with van der Waals surface area (Å²) in [6, 6.07) is 34.9. The Morgan fingerprint density at radius 1 is 0.851 bits per heavy atom. The van der Waals surface area contributed by atoms with Crippen molar-refractivity contribution < 1.29 is 9.84 Å². The van der Waals surface area contributed by atoms with Crippen LogP contribution in [0.4, 0.5) is 0 Å². The maximum atomic E-state index is 13.4. The van der Waals surface area contributed by atoms with Crippen LogP contribution < -0.4 is 4.74 Å². The number of aromatic nitrogens is 1. The van der Waals surface area contributed by atoms with Crippen molar-refractivity contribution in [1.82, 2.24) is 14.8 Å². The van der Waals surface area contributed by atoms with Crippen LogP contribution in [0.2, 0.25) is 0 Å². The molecule has 244 valence electrons. The fraction of sp³-hybridized carbons (Fsp3) is 0.390. The minimum absolute atomic E-state index is 0.400. The second-order valence-electron chi connectivity index (χ2n) is 14.1. The van der Waals surface area contributed by atoms with Gasteiger partial charge >= 0.3 is 0 Å². The number of piperazine rings is 1. The van der Waals surface area contributed by atoms with Crippen LogP contribution in [0.5, 0.6) is 5.88 Å². The van der Waals surface area contributed by atoms with Crippen LogP contribution in [-0.4, -0.2) is 65.3 Å². The number of unbranched alkanes of at least 4 members (excludes halogenated alkanes) is 1. The summed E-state index contributed by atoms with van der Waals surface area (Å²) in [5.41, 5.74) is 2.51. The molecule has 0 radical (unpaired) electrons. The molecule has 4 atom stereocenters. The van der Waals surface area contributed by atoms with E-state index in [9.17, 15) is 5.11 Å². The summed E-state index contributed by atoms with van der Waals surface area (Å²) in [4.78, 5) is 10.4. The SMILES string of the molecule is COc1nc2ccc(Br)cc2cc1C(c1ccccc1)C(O)(CCCCN1CC2CC1CN2CC(C)C)c1ccc2ccccc2c1. The summed E-state index contributed by atoms with van der Waals surface area (Å²) in [5, 5.41) is 16.7. The number of hydrogen-bond donors (Lipinski definition) is 1. The Balaban J connectivity index is 1.25. The smallest absolute Gasteiger partial charge is 0.217 e. The topological polar surface area (TPSA) is 48.8 Å². The largest absolute Gasteiger partial charge is 0.481 e. The van der Waals surface area contributed by atoms with Crippen molar-refractivity contribution >= 4 is 37.6 Å². The highest BCUT2D eigenvalue weighted by atomic mass is 79.9.